The summed E-state index contributed by atoms with van der Waals surface area (Å²) in [5.74, 6) is -4.03. The molecule has 0 spiro atoms. The van der Waals surface area contributed by atoms with Gasteiger partial charge in [0.15, 0.2) is 0 Å². The minimum Gasteiger partial charge on any atom is -0.478 e. The zero-order chi connectivity index (χ0) is 32.5. The molecule has 13 heteroatoms. The first-order chi connectivity index (χ1) is 21.0. The van der Waals surface area contributed by atoms with Crippen molar-refractivity contribution in [2.45, 2.75) is 17.1 Å². The molecule has 0 atom stereocenters. The van der Waals surface area contributed by atoms with Gasteiger partial charge in [-0.15, -0.1) is 11.8 Å². The predicted molar refractivity (Wildman–Crippen MR) is 168 cm³/mol. The molecule has 4 rings (SSSR count). The number of piperazine rings is 1. The Morgan fingerprint density at radius 1 is 0.750 bits per heavy atom. The maximum Gasteiger partial charge on any atom is 0.328 e. The summed E-state index contributed by atoms with van der Waals surface area (Å²) in [7, 11) is 0. The van der Waals surface area contributed by atoms with Gasteiger partial charge in [0.05, 0.1) is 6.61 Å². The van der Waals surface area contributed by atoms with E-state index in [1.807, 2.05) is 17.8 Å². The summed E-state index contributed by atoms with van der Waals surface area (Å²) in [6, 6.07) is 15.0. The lowest BCUT2D eigenvalue weighted by atomic mass is 9.93. The molecule has 5 N–H and O–H groups in total. The van der Waals surface area contributed by atoms with E-state index in [1.165, 1.54) is 27.2 Å². The molecular weight excluding hydrogens is 612 g/mol. The minimum atomic E-state index is -1.26. The number of thioether (sulfide) groups is 1. The van der Waals surface area contributed by atoms with Gasteiger partial charge in [0.2, 0.25) is 0 Å². The van der Waals surface area contributed by atoms with Crippen molar-refractivity contribution in [1.29, 1.82) is 0 Å². The third-order valence-corrected chi connectivity index (χ3v) is 7.69. The number of aliphatic hydroxyl groups excluding tert-OH is 1. The number of aliphatic hydroxyl groups is 1. The molecule has 2 aromatic rings. The summed E-state index contributed by atoms with van der Waals surface area (Å²) in [4.78, 5) is 44.4. The number of halogens is 1. The van der Waals surface area contributed by atoms with Crippen molar-refractivity contribution in [2.24, 2.45) is 0 Å². The highest BCUT2D eigenvalue weighted by Gasteiger charge is 2.19. The highest BCUT2D eigenvalue weighted by Crippen LogP contribution is 2.41. The van der Waals surface area contributed by atoms with Crippen LogP contribution in [0.2, 0.25) is 5.02 Å². The number of carbonyl (C=O) groups is 4. The van der Waals surface area contributed by atoms with Gasteiger partial charge in [0.25, 0.3) is 0 Å². The molecule has 0 radical (unpaired) electrons. The van der Waals surface area contributed by atoms with Gasteiger partial charge in [-0.1, -0.05) is 41.9 Å². The molecular formula is C31H35ClN2O9S. The minimum absolute atomic E-state index is 0.255. The molecule has 0 amide bonds. The van der Waals surface area contributed by atoms with Crippen LogP contribution in [0.25, 0.3) is 5.57 Å². The fourth-order valence-corrected chi connectivity index (χ4v) is 5.55. The van der Waals surface area contributed by atoms with E-state index in [1.54, 1.807) is 0 Å². The Morgan fingerprint density at radius 3 is 1.80 bits per heavy atom. The van der Waals surface area contributed by atoms with Crippen LogP contribution in [0.4, 0.5) is 0 Å². The van der Waals surface area contributed by atoms with E-state index in [2.05, 4.69) is 52.3 Å². The number of β-amino-alcohol motifs (C(OH)–C–C–N with tert-alkyl or cyclic N) is 1. The first-order valence-corrected chi connectivity index (χ1v) is 14.9. The molecule has 1 fully saturated rings. The molecule has 0 aliphatic carbocycles. The van der Waals surface area contributed by atoms with Crippen LogP contribution in [-0.4, -0.2) is 105 Å². The van der Waals surface area contributed by atoms with Gasteiger partial charge < -0.3 is 30.4 Å². The highest BCUT2D eigenvalue weighted by atomic mass is 35.5. The molecule has 2 aromatic carbocycles. The van der Waals surface area contributed by atoms with Gasteiger partial charge in [0.1, 0.15) is 0 Å². The number of hydrogen-bond acceptors (Lipinski definition) is 8. The number of carboxylic acids is 4. The Morgan fingerprint density at radius 2 is 1.27 bits per heavy atom. The Bertz CT molecular complexity index is 1320. The number of fused-ring (bicyclic) bond motifs is 2. The van der Waals surface area contributed by atoms with Gasteiger partial charge in [-0.25, -0.2) is 19.2 Å². The van der Waals surface area contributed by atoms with Crippen LogP contribution in [0.1, 0.15) is 23.1 Å². The number of aliphatic carboxylic acids is 4. The van der Waals surface area contributed by atoms with E-state index in [4.69, 9.17) is 37.1 Å². The smallest absolute Gasteiger partial charge is 0.328 e. The monoisotopic (exact) mass is 646 g/mol. The average molecular weight is 647 g/mol. The van der Waals surface area contributed by atoms with Gasteiger partial charge >= 0.3 is 23.9 Å². The standard InChI is InChI=1S/C23H27ClN2OS.2C4H4O4/c24-19-7-8-23-22(16-19)21(20-5-2-1-4-18(20)17-28-23)6-3-9-25-10-12-26(13-11-25)14-15-27;2*5-3(6)1-2-4(7)8/h1-2,4-8,16,27H,3,9-15,17H2;2*1-2H,(H,5,6)(H,7,8)/b21-6-;2*2-1-. The molecule has 2 heterocycles. The zero-order valence-corrected chi connectivity index (χ0v) is 25.4. The second-order valence-corrected chi connectivity index (χ2v) is 10.9. The van der Waals surface area contributed by atoms with Crippen LogP contribution in [0.3, 0.4) is 0 Å². The fraction of sp³-hybridized carbons (Fsp3) is 0.290. The lowest BCUT2D eigenvalue weighted by Crippen LogP contribution is -2.47. The van der Waals surface area contributed by atoms with Crippen molar-refractivity contribution in [3.8, 4) is 0 Å². The molecule has 0 aromatic heterocycles. The Labute approximate surface area is 264 Å². The van der Waals surface area contributed by atoms with E-state index in [0.717, 1.165) is 56.5 Å². The Hall–Kier alpha value is -3.94. The van der Waals surface area contributed by atoms with Crippen molar-refractivity contribution in [3.63, 3.8) is 0 Å². The van der Waals surface area contributed by atoms with E-state index in [-0.39, 0.29) is 6.61 Å². The van der Waals surface area contributed by atoms with Crippen LogP contribution in [0.15, 0.2) is 77.7 Å². The van der Waals surface area contributed by atoms with Crippen LogP contribution in [0.5, 0.6) is 0 Å². The van der Waals surface area contributed by atoms with Crippen molar-refractivity contribution >= 4 is 52.8 Å². The van der Waals surface area contributed by atoms with E-state index in [0.29, 0.717) is 24.3 Å². The first kappa shape index (κ1) is 36.3. The molecule has 0 unspecified atom stereocenters. The molecule has 236 valence electrons. The topological polar surface area (TPSA) is 176 Å². The van der Waals surface area contributed by atoms with Crippen LogP contribution >= 0.6 is 23.4 Å². The Kier molecular flexibility index (Phi) is 16.0. The zero-order valence-electron chi connectivity index (χ0n) is 23.8. The lowest BCUT2D eigenvalue weighted by Gasteiger charge is -2.34. The number of carboxylic acid groups (broad SMARTS) is 4. The second kappa shape index (κ2) is 19.4. The van der Waals surface area contributed by atoms with Crippen molar-refractivity contribution in [2.75, 3.05) is 45.9 Å². The van der Waals surface area contributed by atoms with Gasteiger partial charge in [0, 0.05) is 79.2 Å². The van der Waals surface area contributed by atoms with Crippen LogP contribution in [0, 0.1) is 0 Å². The summed E-state index contributed by atoms with van der Waals surface area (Å²) in [6.07, 6.45) is 5.66. The third-order valence-electron chi connectivity index (χ3n) is 6.33. The summed E-state index contributed by atoms with van der Waals surface area (Å²) in [6.45, 7) is 6.39. The normalized spacial score (nSPS) is 15.7. The van der Waals surface area contributed by atoms with Crippen molar-refractivity contribution < 1.29 is 44.7 Å². The maximum atomic E-state index is 9.55. The van der Waals surface area contributed by atoms with Crippen molar-refractivity contribution in [3.05, 3.63) is 94.6 Å². The average Bonchev–Trinajstić information content (AvgIpc) is 3.13. The number of nitrogens with zero attached hydrogens (tertiary/aromatic N) is 2. The quantitative estimate of drug-likeness (QED) is 0.250. The van der Waals surface area contributed by atoms with Gasteiger partial charge in [-0.05, 0) is 46.9 Å². The van der Waals surface area contributed by atoms with Crippen molar-refractivity contribution in [1.82, 2.24) is 9.80 Å². The fourth-order valence-electron chi connectivity index (χ4n) is 4.32. The second-order valence-electron chi connectivity index (χ2n) is 9.42. The third kappa shape index (κ3) is 13.6. The maximum absolute atomic E-state index is 9.55. The lowest BCUT2D eigenvalue weighted by molar-refractivity contribution is -0.134. The molecule has 44 heavy (non-hydrogen) atoms. The SMILES string of the molecule is O=C(O)/C=C\C(=O)O.O=C(O)/C=C\C(=O)O.OCCN1CCN(CC/C=C2/c3ccccc3CSc3ccc(Cl)cc32)CC1. The molecule has 2 aliphatic rings. The molecule has 0 bridgehead atoms. The molecule has 0 saturated carbocycles. The van der Waals surface area contributed by atoms with E-state index >= 15 is 0 Å². The number of rotatable bonds is 9. The summed E-state index contributed by atoms with van der Waals surface area (Å²) in [5.41, 5.74) is 5.31. The van der Waals surface area contributed by atoms with E-state index < -0.39 is 23.9 Å². The molecule has 1 saturated heterocycles. The summed E-state index contributed by atoms with van der Waals surface area (Å²) in [5, 5.41) is 41.1. The summed E-state index contributed by atoms with van der Waals surface area (Å²) >= 11 is 8.25. The van der Waals surface area contributed by atoms with Crippen LogP contribution in [-0.2, 0) is 24.9 Å². The molecule has 2 aliphatic heterocycles. The molecule has 11 nitrogen and oxygen atoms in total. The van der Waals surface area contributed by atoms with Gasteiger partial charge in [-0.2, -0.15) is 0 Å². The Balaban J connectivity index is 0.000000349. The highest BCUT2D eigenvalue weighted by molar-refractivity contribution is 7.98. The van der Waals surface area contributed by atoms with Gasteiger partial charge in [-0.3, -0.25) is 4.90 Å². The number of benzene rings is 2. The van der Waals surface area contributed by atoms with E-state index in [9.17, 15) is 19.2 Å². The predicted octanol–water partition coefficient (Wildman–Crippen LogP) is 3.80. The first-order valence-electron chi connectivity index (χ1n) is 13.5. The number of hydrogen-bond donors (Lipinski definition) is 5. The van der Waals surface area contributed by atoms with Crippen LogP contribution < -0.4 is 0 Å². The largest absolute Gasteiger partial charge is 0.478 e. The summed E-state index contributed by atoms with van der Waals surface area (Å²) < 4.78 is 0.